The van der Waals surface area contributed by atoms with Crippen molar-refractivity contribution in [2.24, 2.45) is 4.99 Å². The van der Waals surface area contributed by atoms with Crippen LogP contribution in [0.4, 0.5) is 0 Å². The van der Waals surface area contributed by atoms with Gasteiger partial charge < -0.3 is 10.6 Å². The zero-order valence-electron chi connectivity index (χ0n) is 15.8. The van der Waals surface area contributed by atoms with Crippen LogP contribution in [0.15, 0.2) is 40.2 Å². The van der Waals surface area contributed by atoms with Crippen molar-refractivity contribution in [1.82, 2.24) is 10.6 Å². The van der Waals surface area contributed by atoms with Crippen molar-refractivity contribution in [3.05, 3.63) is 30.3 Å². The molecule has 0 saturated heterocycles. The van der Waals surface area contributed by atoms with E-state index in [9.17, 15) is 4.21 Å². The first-order chi connectivity index (χ1) is 12.2. The lowest BCUT2D eigenvalue weighted by atomic mass is 9.95. The SMILES string of the molecule is CCNC(=NCCSc1ccccc1)NC1CCCC(S(=O)CC)C1.I. The molecule has 0 amide bonds. The molecule has 0 spiro atoms. The maximum absolute atomic E-state index is 12.1. The summed E-state index contributed by atoms with van der Waals surface area (Å²) in [6.45, 7) is 5.75. The van der Waals surface area contributed by atoms with Gasteiger partial charge in [0.1, 0.15) is 0 Å². The Morgan fingerprint density at radius 2 is 2.04 bits per heavy atom. The Kier molecular flexibility index (Phi) is 12.6. The van der Waals surface area contributed by atoms with Crippen LogP contribution in [0.5, 0.6) is 0 Å². The summed E-state index contributed by atoms with van der Waals surface area (Å²) >= 11 is 1.83. The fraction of sp³-hybridized carbons (Fsp3) is 0.632. The molecule has 0 bridgehead atoms. The van der Waals surface area contributed by atoms with E-state index in [1.165, 1.54) is 4.90 Å². The molecule has 2 N–H and O–H groups in total. The Balaban J connectivity index is 0.00000338. The number of guanidine groups is 1. The summed E-state index contributed by atoms with van der Waals surface area (Å²) in [6, 6.07) is 10.8. The molecular weight excluding hydrogens is 477 g/mol. The Bertz CT molecular complexity index is 557. The Hall–Kier alpha value is -0.280. The number of thioether (sulfide) groups is 1. The van der Waals surface area contributed by atoms with Crippen LogP contribution in [0.25, 0.3) is 0 Å². The second kappa shape index (κ2) is 13.8. The maximum atomic E-state index is 12.1. The molecule has 0 aromatic heterocycles. The van der Waals surface area contributed by atoms with Gasteiger partial charge in [-0.3, -0.25) is 9.20 Å². The summed E-state index contributed by atoms with van der Waals surface area (Å²) in [6.07, 6.45) is 4.38. The second-order valence-corrected chi connectivity index (χ2v) is 9.40. The highest BCUT2D eigenvalue weighted by Gasteiger charge is 2.25. The smallest absolute Gasteiger partial charge is 0.191 e. The normalized spacial score (nSPS) is 21.5. The number of hydrogen-bond acceptors (Lipinski definition) is 3. The number of nitrogens with one attached hydrogen (secondary N) is 2. The summed E-state index contributed by atoms with van der Waals surface area (Å²) in [5.74, 6) is 2.62. The van der Waals surface area contributed by atoms with Gasteiger partial charge in [-0.2, -0.15) is 0 Å². The fourth-order valence-electron chi connectivity index (χ4n) is 3.10. The van der Waals surface area contributed by atoms with Gasteiger partial charge in [0.15, 0.2) is 5.96 Å². The molecule has 26 heavy (non-hydrogen) atoms. The minimum Gasteiger partial charge on any atom is -0.357 e. The summed E-state index contributed by atoms with van der Waals surface area (Å²) in [4.78, 5) is 6.00. The van der Waals surface area contributed by atoms with Gasteiger partial charge in [0, 0.05) is 45.0 Å². The zero-order chi connectivity index (χ0) is 17.9. The third kappa shape index (κ3) is 8.61. The van der Waals surface area contributed by atoms with Crippen LogP contribution in [0.1, 0.15) is 39.5 Å². The topological polar surface area (TPSA) is 53.5 Å². The third-order valence-corrected chi connectivity index (χ3v) is 7.07. The van der Waals surface area contributed by atoms with Gasteiger partial charge in [0.2, 0.25) is 0 Å². The summed E-state index contributed by atoms with van der Waals surface area (Å²) in [7, 11) is -0.684. The molecule has 148 valence electrons. The number of halogens is 1. The van der Waals surface area contributed by atoms with Gasteiger partial charge in [-0.15, -0.1) is 35.7 Å². The monoisotopic (exact) mass is 509 g/mol. The molecule has 3 atom stereocenters. The predicted octanol–water partition coefficient (Wildman–Crippen LogP) is 4.03. The maximum Gasteiger partial charge on any atom is 0.191 e. The fourth-order valence-corrected chi connectivity index (χ4v) is 5.22. The van der Waals surface area contributed by atoms with Gasteiger partial charge in [0.25, 0.3) is 0 Å². The lowest BCUT2D eigenvalue weighted by Gasteiger charge is -2.30. The van der Waals surface area contributed by atoms with Crippen molar-refractivity contribution in [2.75, 3.05) is 24.6 Å². The van der Waals surface area contributed by atoms with Crippen molar-refractivity contribution in [3.63, 3.8) is 0 Å². The van der Waals surface area contributed by atoms with Gasteiger partial charge in [0.05, 0.1) is 6.54 Å². The second-order valence-electron chi connectivity index (χ2n) is 6.22. The van der Waals surface area contributed by atoms with Crippen molar-refractivity contribution >= 4 is 52.5 Å². The van der Waals surface area contributed by atoms with Crippen LogP contribution in [0.3, 0.4) is 0 Å². The Morgan fingerprint density at radius 1 is 1.27 bits per heavy atom. The zero-order valence-corrected chi connectivity index (χ0v) is 19.7. The standard InChI is InChI=1S/C19H31N3OS2.HI/c1-3-20-19(21-13-14-24-17-10-6-5-7-11-17)22-16-9-8-12-18(15-16)25(23)4-2;/h5-7,10-11,16,18H,3-4,8-9,12-15H2,1-2H3,(H2,20,21,22);1H. The van der Waals surface area contributed by atoms with E-state index in [0.717, 1.165) is 56.2 Å². The first-order valence-corrected chi connectivity index (χ1v) is 11.7. The highest BCUT2D eigenvalue weighted by atomic mass is 127. The van der Waals surface area contributed by atoms with E-state index in [0.29, 0.717) is 11.3 Å². The number of aliphatic imine (C=N–C) groups is 1. The van der Waals surface area contributed by atoms with Crippen LogP contribution in [0.2, 0.25) is 0 Å². The predicted molar refractivity (Wildman–Crippen MR) is 126 cm³/mol. The average Bonchev–Trinajstić information content (AvgIpc) is 2.65. The third-order valence-electron chi connectivity index (χ3n) is 4.34. The summed E-state index contributed by atoms with van der Waals surface area (Å²) < 4.78 is 12.1. The van der Waals surface area contributed by atoms with Crippen molar-refractivity contribution in [2.45, 2.75) is 55.7 Å². The molecule has 1 aromatic rings. The van der Waals surface area contributed by atoms with E-state index in [2.05, 4.69) is 41.8 Å². The molecule has 4 nitrogen and oxygen atoms in total. The molecule has 1 saturated carbocycles. The van der Waals surface area contributed by atoms with Gasteiger partial charge in [-0.05, 0) is 38.3 Å². The van der Waals surface area contributed by atoms with E-state index in [1.807, 2.05) is 24.8 Å². The van der Waals surface area contributed by atoms with Crippen LogP contribution >= 0.6 is 35.7 Å². The van der Waals surface area contributed by atoms with Gasteiger partial charge in [-0.1, -0.05) is 31.5 Å². The molecule has 0 aliphatic heterocycles. The molecule has 3 unspecified atom stereocenters. The summed E-state index contributed by atoms with van der Waals surface area (Å²) in [5.41, 5.74) is 0. The molecule has 0 radical (unpaired) electrons. The highest BCUT2D eigenvalue weighted by Crippen LogP contribution is 2.23. The molecule has 1 aliphatic carbocycles. The van der Waals surface area contributed by atoms with E-state index >= 15 is 0 Å². The minimum atomic E-state index is -0.684. The Labute approximate surface area is 182 Å². The lowest BCUT2D eigenvalue weighted by molar-refractivity contribution is 0.413. The van der Waals surface area contributed by atoms with Crippen molar-refractivity contribution < 1.29 is 4.21 Å². The largest absolute Gasteiger partial charge is 0.357 e. The first kappa shape index (κ1) is 23.8. The molecule has 1 aliphatic rings. The van der Waals surface area contributed by atoms with E-state index in [1.54, 1.807) is 0 Å². The minimum absolute atomic E-state index is 0. The first-order valence-electron chi connectivity index (χ1n) is 9.32. The number of benzene rings is 1. The molecule has 7 heteroatoms. The molecular formula is C19H32IN3OS2. The number of rotatable bonds is 8. The van der Waals surface area contributed by atoms with Gasteiger partial charge >= 0.3 is 0 Å². The van der Waals surface area contributed by atoms with Crippen molar-refractivity contribution in [1.29, 1.82) is 0 Å². The van der Waals surface area contributed by atoms with E-state index in [4.69, 9.17) is 4.99 Å². The lowest BCUT2D eigenvalue weighted by Crippen LogP contribution is -2.46. The van der Waals surface area contributed by atoms with Crippen LogP contribution in [-0.4, -0.2) is 46.1 Å². The molecule has 1 fully saturated rings. The highest BCUT2D eigenvalue weighted by molar-refractivity contribution is 14.0. The quantitative estimate of drug-likeness (QED) is 0.183. The molecule has 1 aromatic carbocycles. The van der Waals surface area contributed by atoms with Crippen molar-refractivity contribution in [3.8, 4) is 0 Å². The number of nitrogens with zero attached hydrogens (tertiary/aromatic N) is 1. The Morgan fingerprint density at radius 3 is 2.73 bits per heavy atom. The van der Waals surface area contributed by atoms with Crippen LogP contribution in [0, 0.1) is 0 Å². The van der Waals surface area contributed by atoms with E-state index < -0.39 is 10.8 Å². The summed E-state index contributed by atoms with van der Waals surface area (Å²) in [5, 5.41) is 7.24. The van der Waals surface area contributed by atoms with Crippen LogP contribution in [-0.2, 0) is 10.8 Å². The number of hydrogen-bond donors (Lipinski definition) is 2. The van der Waals surface area contributed by atoms with Gasteiger partial charge in [-0.25, -0.2) is 0 Å². The molecule has 0 heterocycles. The average molecular weight is 510 g/mol. The molecule has 2 rings (SSSR count). The van der Waals surface area contributed by atoms with Crippen LogP contribution < -0.4 is 10.6 Å². The van der Waals surface area contributed by atoms with E-state index in [-0.39, 0.29) is 24.0 Å².